The maximum atomic E-state index is 13.0. The van der Waals surface area contributed by atoms with Crippen molar-refractivity contribution in [3.05, 3.63) is 27.4 Å². The van der Waals surface area contributed by atoms with Crippen LogP contribution in [0.4, 0.5) is 10.1 Å². The summed E-state index contributed by atoms with van der Waals surface area (Å²) < 4.78 is 36.5. The fourth-order valence-electron chi connectivity index (χ4n) is 1.47. The van der Waals surface area contributed by atoms with Gasteiger partial charge in [-0.2, -0.15) is 0 Å². The first kappa shape index (κ1) is 15.7. The Hall–Kier alpha value is -0.330. The molecular formula is C11H14BrClFNO2S. The lowest BCUT2D eigenvalue weighted by Crippen LogP contribution is -2.27. The Morgan fingerprint density at radius 2 is 2.11 bits per heavy atom. The van der Waals surface area contributed by atoms with Crippen LogP contribution in [0.15, 0.2) is 16.6 Å². The molecule has 0 bridgehead atoms. The summed E-state index contributed by atoms with van der Waals surface area (Å²) in [5.41, 5.74) is 0.497. The van der Waals surface area contributed by atoms with Crippen LogP contribution in [0.25, 0.3) is 0 Å². The van der Waals surface area contributed by atoms with E-state index in [9.17, 15) is 12.8 Å². The molecule has 3 nitrogen and oxygen atoms in total. The van der Waals surface area contributed by atoms with Crippen molar-refractivity contribution >= 4 is 43.1 Å². The predicted molar refractivity (Wildman–Crippen MR) is 76.5 cm³/mol. The first-order valence-electron chi connectivity index (χ1n) is 5.36. The topological polar surface area (TPSA) is 46.2 Å². The van der Waals surface area contributed by atoms with E-state index in [0.29, 0.717) is 10.2 Å². The molecular weight excluding hydrogens is 345 g/mol. The monoisotopic (exact) mass is 357 g/mol. The molecule has 1 unspecified atom stereocenters. The van der Waals surface area contributed by atoms with Crippen LogP contribution in [0.1, 0.15) is 13.8 Å². The van der Waals surface area contributed by atoms with Gasteiger partial charge in [-0.1, -0.05) is 18.5 Å². The molecule has 18 heavy (non-hydrogen) atoms. The normalized spacial score (nSPS) is 13.4. The van der Waals surface area contributed by atoms with Gasteiger partial charge in [-0.25, -0.2) is 12.8 Å². The zero-order chi connectivity index (χ0) is 13.9. The second-order valence-electron chi connectivity index (χ2n) is 3.99. The quantitative estimate of drug-likeness (QED) is 0.876. The zero-order valence-electron chi connectivity index (χ0n) is 10.0. The van der Waals surface area contributed by atoms with Crippen LogP contribution in [0.3, 0.4) is 0 Å². The second kappa shape index (κ2) is 6.21. The van der Waals surface area contributed by atoms with Gasteiger partial charge in [0, 0.05) is 16.3 Å². The van der Waals surface area contributed by atoms with E-state index in [0.717, 1.165) is 0 Å². The lowest BCUT2D eigenvalue weighted by Gasteiger charge is -2.17. The molecule has 0 aliphatic rings. The van der Waals surface area contributed by atoms with Crippen molar-refractivity contribution in [1.82, 2.24) is 0 Å². The summed E-state index contributed by atoms with van der Waals surface area (Å²) in [5, 5.41) is 3.18. The average molecular weight is 359 g/mol. The van der Waals surface area contributed by atoms with Gasteiger partial charge in [-0.3, -0.25) is 0 Å². The molecule has 0 spiro atoms. The fraction of sp³-hybridized carbons (Fsp3) is 0.455. The minimum atomic E-state index is -3.07. The molecule has 0 radical (unpaired) electrons. The van der Waals surface area contributed by atoms with Gasteiger partial charge in [-0.15, -0.1) is 0 Å². The first-order chi connectivity index (χ1) is 8.25. The molecule has 1 rings (SSSR count). The van der Waals surface area contributed by atoms with Crippen LogP contribution in [0, 0.1) is 5.82 Å². The maximum Gasteiger partial charge on any atom is 0.152 e. The SMILES string of the molecule is CCS(=O)(=O)CC(C)Nc1c(Cl)cc(F)cc1Br. The van der Waals surface area contributed by atoms with E-state index < -0.39 is 15.7 Å². The highest BCUT2D eigenvalue weighted by Crippen LogP contribution is 2.32. The minimum absolute atomic E-state index is 0.00362. The van der Waals surface area contributed by atoms with Gasteiger partial charge in [0.1, 0.15) is 5.82 Å². The lowest BCUT2D eigenvalue weighted by atomic mass is 10.3. The van der Waals surface area contributed by atoms with Crippen molar-refractivity contribution in [2.75, 3.05) is 16.8 Å². The van der Waals surface area contributed by atoms with E-state index in [1.54, 1.807) is 13.8 Å². The molecule has 1 aromatic rings. The van der Waals surface area contributed by atoms with Crippen LogP contribution in [0.2, 0.25) is 5.02 Å². The summed E-state index contributed by atoms with van der Waals surface area (Å²) in [5.74, 6) is -0.354. The van der Waals surface area contributed by atoms with Gasteiger partial charge in [0.25, 0.3) is 0 Å². The first-order valence-corrected chi connectivity index (χ1v) is 8.36. The third-order valence-corrected chi connectivity index (χ3v) is 5.15. The second-order valence-corrected chi connectivity index (χ2v) is 7.65. The van der Waals surface area contributed by atoms with Crippen LogP contribution in [-0.2, 0) is 9.84 Å². The number of halogens is 3. The van der Waals surface area contributed by atoms with E-state index in [1.807, 2.05) is 0 Å². The Balaban J connectivity index is 2.86. The molecule has 0 saturated carbocycles. The summed E-state index contributed by atoms with van der Waals surface area (Å²) in [6.07, 6.45) is 0. The van der Waals surface area contributed by atoms with E-state index in [-0.39, 0.29) is 22.6 Å². The molecule has 0 aliphatic carbocycles. The molecule has 0 heterocycles. The summed E-state index contributed by atoms with van der Waals surface area (Å²) in [6.45, 7) is 3.34. The molecule has 0 fully saturated rings. The van der Waals surface area contributed by atoms with Crippen LogP contribution in [0.5, 0.6) is 0 Å². The highest BCUT2D eigenvalue weighted by Gasteiger charge is 2.16. The standard InChI is InChI=1S/C11H14BrClFNO2S/c1-3-18(16,17)6-7(2)15-11-9(12)4-8(14)5-10(11)13/h4-5,7,15H,3,6H2,1-2H3. The van der Waals surface area contributed by atoms with Gasteiger partial charge >= 0.3 is 0 Å². The Labute approximate surface area is 120 Å². The number of hydrogen-bond donors (Lipinski definition) is 1. The molecule has 1 aromatic carbocycles. The molecule has 1 atom stereocenters. The van der Waals surface area contributed by atoms with E-state index in [1.165, 1.54) is 12.1 Å². The fourth-order valence-corrected chi connectivity index (χ4v) is 3.47. The Morgan fingerprint density at radius 1 is 1.50 bits per heavy atom. The number of sulfone groups is 1. The Kier molecular flexibility index (Phi) is 5.43. The van der Waals surface area contributed by atoms with Crippen molar-refractivity contribution in [3.63, 3.8) is 0 Å². The Bertz CT molecular complexity index is 513. The average Bonchev–Trinajstić information content (AvgIpc) is 2.22. The van der Waals surface area contributed by atoms with Gasteiger partial charge in [0.05, 0.1) is 16.5 Å². The van der Waals surface area contributed by atoms with Crippen molar-refractivity contribution in [2.45, 2.75) is 19.9 Å². The summed E-state index contributed by atoms with van der Waals surface area (Å²) in [6, 6.07) is 2.14. The summed E-state index contributed by atoms with van der Waals surface area (Å²) in [7, 11) is -3.07. The number of hydrogen-bond acceptors (Lipinski definition) is 3. The van der Waals surface area contributed by atoms with Gasteiger partial charge in [0.15, 0.2) is 9.84 Å². The van der Waals surface area contributed by atoms with Gasteiger partial charge in [-0.05, 0) is 35.0 Å². The highest BCUT2D eigenvalue weighted by atomic mass is 79.9. The lowest BCUT2D eigenvalue weighted by molar-refractivity contribution is 0.593. The van der Waals surface area contributed by atoms with E-state index >= 15 is 0 Å². The molecule has 1 N–H and O–H groups in total. The van der Waals surface area contributed by atoms with Crippen LogP contribution in [-0.4, -0.2) is 26.0 Å². The van der Waals surface area contributed by atoms with Gasteiger partial charge < -0.3 is 5.32 Å². The molecule has 0 aromatic heterocycles. The summed E-state index contributed by atoms with van der Waals surface area (Å²) >= 11 is 9.09. The predicted octanol–water partition coefficient (Wildman–Crippen LogP) is 3.48. The molecule has 0 aliphatic heterocycles. The largest absolute Gasteiger partial charge is 0.379 e. The molecule has 7 heteroatoms. The number of nitrogens with one attached hydrogen (secondary N) is 1. The van der Waals surface area contributed by atoms with Crippen molar-refractivity contribution in [2.24, 2.45) is 0 Å². The number of benzene rings is 1. The molecule has 102 valence electrons. The van der Waals surface area contributed by atoms with E-state index in [4.69, 9.17) is 11.6 Å². The van der Waals surface area contributed by atoms with Crippen LogP contribution < -0.4 is 5.32 Å². The molecule has 0 saturated heterocycles. The third kappa shape index (κ3) is 4.40. The van der Waals surface area contributed by atoms with Gasteiger partial charge in [0.2, 0.25) is 0 Å². The smallest absolute Gasteiger partial charge is 0.152 e. The van der Waals surface area contributed by atoms with Crippen molar-refractivity contribution in [3.8, 4) is 0 Å². The van der Waals surface area contributed by atoms with E-state index in [2.05, 4.69) is 21.2 Å². The maximum absolute atomic E-state index is 13.0. The van der Waals surface area contributed by atoms with Crippen molar-refractivity contribution in [1.29, 1.82) is 0 Å². The van der Waals surface area contributed by atoms with Crippen LogP contribution >= 0.6 is 27.5 Å². The minimum Gasteiger partial charge on any atom is -0.379 e. The number of rotatable bonds is 5. The molecule has 0 amide bonds. The zero-order valence-corrected chi connectivity index (χ0v) is 13.2. The third-order valence-electron chi connectivity index (χ3n) is 2.34. The number of anilines is 1. The summed E-state index contributed by atoms with van der Waals surface area (Å²) in [4.78, 5) is 0. The Morgan fingerprint density at radius 3 is 2.61 bits per heavy atom. The highest BCUT2D eigenvalue weighted by molar-refractivity contribution is 9.10. The van der Waals surface area contributed by atoms with Crippen molar-refractivity contribution < 1.29 is 12.8 Å².